The third-order valence-electron chi connectivity index (χ3n) is 6.96. The molecule has 196 valence electrons. The lowest BCUT2D eigenvalue weighted by atomic mass is 9.86. The van der Waals surface area contributed by atoms with Crippen LogP contribution in [0.2, 0.25) is 0 Å². The molecule has 5 aromatic carbocycles. The molecule has 0 amide bonds. The van der Waals surface area contributed by atoms with E-state index in [2.05, 4.69) is 156 Å². The van der Waals surface area contributed by atoms with Gasteiger partial charge in [-0.2, -0.15) is 0 Å². The standard InChI is InChI=1S/C37H37S2/c1-27-6-20-34(21-7-27)39(35-22-8-28(2)9-23-35)36-24-18-33(19-25-36)38-32-16-12-30(13-17-32)26-29-10-14-31(15-11-29)37(3,4)5/h6-25H,26H2,1-5H3/q+1. The maximum Gasteiger partial charge on any atom is 0.166 e. The van der Waals surface area contributed by atoms with Gasteiger partial charge in [-0.3, -0.25) is 0 Å². The van der Waals surface area contributed by atoms with Crippen molar-refractivity contribution in [2.24, 2.45) is 0 Å². The monoisotopic (exact) mass is 545 g/mol. The maximum absolute atomic E-state index is 2.31. The minimum Gasteiger partial charge on any atom is -0.0901 e. The second-order valence-electron chi connectivity index (χ2n) is 11.3. The van der Waals surface area contributed by atoms with Crippen LogP contribution in [0.1, 0.15) is 48.6 Å². The van der Waals surface area contributed by atoms with Crippen molar-refractivity contribution in [3.8, 4) is 0 Å². The Morgan fingerprint density at radius 2 is 0.846 bits per heavy atom. The van der Waals surface area contributed by atoms with Crippen LogP contribution < -0.4 is 0 Å². The molecule has 0 unspecified atom stereocenters. The van der Waals surface area contributed by atoms with E-state index in [1.807, 2.05) is 11.8 Å². The highest BCUT2D eigenvalue weighted by atomic mass is 32.2. The van der Waals surface area contributed by atoms with Crippen molar-refractivity contribution in [3.63, 3.8) is 0 Å². The largest absolute Gasteiger partial charge is 0.166 e. The lowest BCUT2D eigenvalue weighted by Crippen LogP contribution is -2.10. The van der Waals surface area contributed by atoms with Crippen LogP contribution in [0.25, 0.3) is 0 Å². The van der Waals surface area contributed by atoms with Gasteiger partial charge in [0, 0.05) is 9.79 Å². The molecule has 0 aliphatic rings. The summed E-state index contributed by atoms with van der Waals surface area (Å²) < 4.78 is 0. The summed E-state index contributed by atoms with van der Waals surface area (Å²) in [6, 6.07) is 45.3. The summed E-state index contributed by atoms with van der Waals surface area (Å²) in [4.78, 5) is 6.59. The van der Waals surface area contributed by atoms with Crippen molar-refractivity contribution < 1.29 is 0 Å². The van der Waals surface area contributed by atoms with Crippen molar-refractivity contribution in [1.82, 2.24) is 0 Å². The summed E-state index contributed by atoms with van der Waals surface area (Å²) in [5.41, 5.74) is 6.87. The van der Waals surface area contributed by atoms with Crippen LogP contribution in [0.4, 0.5) is 0 Å². The van der Waals surface area contributed by atoms with Gasteiger partial charge in [0.1, 0.15) is 0 Å². The minimum absolute atomic E-state index is 0.125. The summed E-state index contributed by atoms with van der Waals surface area (Å²) in [6.45, 7) is 11.1. The molecule has 39 heavy (non-hydrogen) atoms. The molecule has 0 aliphatic carbocycles. The third-order valence-corrected chi connectivity index (χ3v) is 10.2. The first kappa shape index (κ1) is 27.4. The highest BCUT2D eigenvalue weighted by Crippen LogP contribution is 2.34. The smallest absolute Gasteiger partial charge is 0.0901 e. The molecule has 5 rings (SSSR count). The van der Waals surface area contributed by atoms with Crippen LogP contribution in [-0.4, -0.2) is 0 Å². The Balaban J connectivity index is 1.29. The minimum atomic E-state index is -0.125. The van der Waals surface area contributed by atoms with Crippen LogP contribution in [0, 0.1) is 13.8 Å². The molecule has 0 aliphatic heterocycles. The molecular weight excluding hydrogens is 509 g/mol. The van der Waals surface area contributed by atoms with E-state index in [-0.39, 0.29) is 16.3 Å². The van der Waals surface area contributed by atoms with Gasteiger partial charge in [-0.25, -0.2) is 0 Å². The van der Waals surface area contributed by atoms with E-state index in [4.69, 9.17) is 0 Å². The Morgan fingerprint density at radius 1 is 0.487 bits per heavy atom. The molecule has 0 bridgehead atoms. The molecule has 5 aromatic rings. The number of benzene rings is 5. The average Bonchev–Trinajstić information content (AvgIpc) is 2.93. The number of aryl methyl sites for hydroxylation is 2. The Labute approximate surface area is 241 Å². The highest BCUT2D eigenvalue weighted by Gasteiger charge is 2.28. The van der Waals surface area contributed by atoms with Crippen molar-refractivity contribution in [2.75, 3.05) is 0 Å². The first-order chi connectivity index (χ1) is 18.7. The Bertz CT molecular complexity index is 1440. The summed E-state index contributed by atoms with van der Waals surface area (Å²) in [5.74, 6) is 0. The van der Waals surface area contributed by atoms with E-state index in [1.54, 1.807) is 0 Å². The van der Waals surface area contributed by atoms with Crippen LogP contribution in [0.5, 0.6) is 0 Å². The summed E-state index contributed by atoms with van der Waals surface area (Å²) in [5, 5.41) is 0. The molecule has 0 fully saturated rings. The second-order valence-corrected chi connectivity index (χ2v) is 14.4. The van der Waals surface area contributed by atoms with E-state index in [0.717, 1.165) is 6.42 Å². The normalized spacial score (nSPS) is 11.6. The van der Waals surface area contributed by atoms with Gasteiger partial charge in [0.25, 0.3) is 0 Å². The van der Waals surface area contributed by atoms with E-state index < -0.39 is 0 Å². The summed E-state index contributed by atoms with van der Waals surface area (Å²) in [7, 11) is -0.125. The van der Waals surface area contributed by atoms with Crippen LogP contribution in [-0.2, 0) is 22.7 Å². The summed E-state index contributed by atoms with van der Waals surface area (Å²) in [6.07, 6.45) is 0.963. The fraction of sp³-hybridized carbons (Fsp3) is 0.189. The second kappa shape index (κ2) is 11.9. The lowest BCUT2D eigenvalue weighted by Gasteiger charge is -2.19. The van der Waals surface area contributed by atoms with Crippen molar-refractivity contribution in [3.05, 3.63) is 149 Å². The molecule has 0 atom stereocenters. The van der Waals surface area contributed by atoms with Gasteiger partial charge in [-0.05, 0) is 103 Å². The highest BCUT2D eigenvalue weighted by molar-refractivity contribution is 7.99. The van der Waals surface area contributed by atoms with Gasteiger partial charge >= 0.3 is 0 Å². The first-order valence-corrected chi connectivity index (χ1v) is 15.6. The van der Waals surface area contributed by atoms with Crippen molar-refractivity contribution >= 4 is 22.7 Å². The molecule has 0 spiro atoms. The van der Waals surface area contributed by atoms with Crippen LogP contribution in [0.15, 0.2) is 146 Å². The molecule has 0 saturated carbocycles. The number of rotatable bonds is 7. The zero-order valence-electron chi connectivity index (χ0n) is 23.6. The predicted molar refractivity (Wildman–Crippen MR) is 169 cm³/mol. The van der Waals surface area contributed by atoms with E-state index >= 15 is 0 Å². The molecular formula is C37H37S2+. The quantitative estimate of drug-likeness (QED) is 0.183. The summed E-state index contributed by atoms with van der Waals surface area (Å²) >= 11 is 1.83. The topological polar surface area (TPSA) is 0 Å². The lowest BCUT2D eigenvalue weighted by molar-refractivity contribution is 0.590. The van der Waals surface area contributed by atoms with Gasteiger partial charge in [0.2, 0.25) is 0 Å². The predicted octanol–water partition coefficient (Wildman–Crippen LogP) is 10.4. The number of hydrogen-bond donors (Lipinski definition) is 0. The zero-order valence-corrected chi connectivity index (χ0v) is 25.2. The molecule has 2 heteroatoms. The van der Waals surface area contributed by atoms with Gasteiger partial charge in [0.15, 0.2) is 14.7 Å². The van der Waals surface area contributed by atoms with Gasteiger partial charge in [-0.15, -0.1) is 0 Å². The molecule has 0 heterocycles. The third kappa shape index (κ3) is 7.06. The Kier molecular flexibility index (Phi) is 8.35. The fourth-order valence-electron chi connectivity index (χ4n) is 4.57. The van der Waals surface area contributed by atoms with E-state index in [0.29, 0.717) is 0 Å². The fourth-order valence-corrected chi connectivity index (χ4v) is 7.43. The van der Waals surface area contributed by atoms with Gasteiger partial charge in [-0.1, -0.05) is 104 Å². The SMILES string of the molecule is Cc1ccc([S+](c2ccc(C)cc2)c2ccc(Sc3ccc(Cc4ccc(C(C)(C)C)cc4)cc3)cc2)cc1. The number of hydrogen-bond acceptors (Lipinski definition) is 1. The van der Waals surface area contributed by atoms with Crippen molar-refractivity contribution in [1.29, 1.82) is 0 Å². The maximum atomic E-state index is 2.31. The van der Waals surface area contributed by atoms with Crippen molar-refractivity contribution in [2.45, 2.75) is 70.9 Å². The Hall–Kier alpha value is -3.20. The van der Waals surface area contributed by atoms with Crippen LogP contribution in [0.3, 0.4) is 0 Å². The molecule has 0 saturated heterocycles. The van der Waals surface area contributed by atoms with E-state index in [1.165, 1.54) is 52.3 Å². The molecule has 0 radical (unpaired) electrons. The van der Waals surface area contributed by atoms with E-state index in [9.17, 15) is 0 Å². The average molecular weight is 546 g/mol. The molecule has 0 nitrogen and oxygen atoms in total. The molecule has 0 N–H and O–H groups in total. The Morgan fingerprint density at radius 3 is 1.26 bits per heavy atom. The van der Waals surface area contributed by atoms with Crippen LogP contribution >= 0.6 is 11.8 Å². The first-order valence-electron chi connectivity index (χ1n) is 13.6. The molecule has 0 aromatic heterocycles. The van der Waals surface area contributed by atoms with Gasteiger partial charge in [0.05, 0.1) is 10.9 Å². The zero-order chi connectivity index (χ0) is 27.4. The van der Waals surface area contributed by atoms with Gasteiger partial charge < -0.3 is 0 Å².